The smallest absolute Gasteiger partial charge is 0.147 e. The Morgan fingerprint density at radius 3 is 1.85 bits per heavy atom. The molecule has 0 saturated heterocycles. The highest BCUT2D eigenvalue weighted by molar-refractivity contribution is 5.77. The summed E-state index contributed by atoms with van der Waals surface area (Å²) in [5.74, 6) is 0.227. The van der Waals surface area contributed by atoms with Gasteiger partial charge in [0.25, 0.3) is 0 Å². The van der Waals surface area contributed by atoms with Crippen LogP contribution >= 0.6 is 0 Å². The first-order valence-corrected chi connectivity index (χ1v) is 11.6. The van der Waals surface area contributed by atoms with Gasteiger partial charge in [0, 0.05) is 16.4 Å². The molecule has 1 radical (unpaired) electrons. The number of para-hydroxylation sites is 1. The summed E-state index contributed by atoms with van der Waals surface area (Å²) in [6.07, 6.45) is 0. The van der Waals surface area contributed by atoms with Crippen LogP contribution in [0.2, 0.25) is 0 Å². The summed E-state index contributed by atoms with van der Waals surface area (Å²) in [5, 5.41) is 13.3. The van der Waals surface area contributed by atoms with Crippen molar-refractivity contribution < 1.29 is 5.11 Å². The summed E-state index contributed by atoms with van der Waals surface area (Å²) >= 11 is 0. The maximum Gasteiger partial charge on any atom is 0.147 e. The van der Waals surface area contributed by atoms with Crippen molar-refractivity contribution in [1.29, 1.82) is 0 Å². The number of phenols is 1. The first-order valence-electron chi connectivity index (χ1n) is 11.6. The normalized spacial score (nSPS) is 13.2. The van der Waals surface area contributed by atoms with Crippen molar-refractivity contribution in [2.75, 3.05) is 10.5 Å². The summed E-state index contributed by atoms with van der Waals surface area (Å²) in [7, 11) is 0. The molecule has 34 heavy (non-hydrogen) atoms. The number of rotatable bonds is 5. The van der Waals surface area contributed by atoms with Gasteiger partial charge in [0.05, 0.1) is 5.69 Å². The van der Waals surface area contributed by atoms with E-state index in [0.29, 0.717) is 5.69 Å². The molecule has 0 amide bonds. The van der Waals surface area contributed by atoms with E-state index in [1.807, 2.05) is 48.5 Å². The zero-order valence-electron chi connectivity index (χ0n) is 20.1. The summed E-state index contributed by atoms with van der Waals surface area (Å²) in [4.78, 5) is 0. The fourth-order valence-corrected chi connectivity index (χ4v) is 4.67. The Bertz CT molecular complexity index is 1290. The number of nitrogens with zero attached hydrogens (tertiary/aromatic N) is 2. The van der Waals surface area contributed by atoms with Crippen molar-refractivity contribution in [3.63, 3.8) is 0 Å². The molecule has 0 fully saturated rings. The summed E-state index contributed by atoms with van der Waals surface area (Å²) < 4.78 is 0. The lowest BCUT2D eigenvalue weighted by atomic mass is 9.72. The predicted octanol–water partition coefficient (Wildman–Crippen LogP) is 7.04. The first-order chi connectivity index (χ1) is 16.3. The zero-order valence-corrected chi connectivity index (χ0v) is 20.1. The second-order valence-corrected chi connectivity index (χ2v) is 9.91. The zero-order chi connectivity index (χ0) is 23.9. The van der Waals surface area contributed by atoms with Crippen LogP contribution < -0.4 is 16.0 Å². The van der Waals surface area contributed by atoms with Gasteiger partial charge in [-0.2, -0.15) is 10.5 Å². The van der Waals surface area contributed by atoms with Crippen LogP contribution in [0.5, 0.6) is 5.75 Å². The van der Waals surface area contributed by atoms with Gasteiger partial charge < -0.3 is 5.11 Å². The molecule has 4 aromatic rings. The minimum atomic E-state index is -0.421. The Kier molecular flexibility index (Phi) is 5.24. The number of fused-ring (bicyclic) bond motifs is 1. The summed E-state index contributed by atoms with van der Waals surface area (Å²) in [5.41, 5.74) is 14.1. The largest absolute Gasteiger partial charge is 0.505 e. The van der Waals surface area contributed by atoms with Gasteiger partial charge in [-0.25, -0.2) is 0 Å². The number of hydrazine groups is 1. The van der Waals surface area contributed by atoms with Gasteiger partial charge >= 0.3 is 0 Å². The van der Waals surface area contributed by atoms with Crippen molar-refractivity contribution in [3.05, 3.63) is 119 Å². The highest BCUT2D eigenvalue weighted by atomic mass is 16.3. The quantitative estimate of drug-likeness (QED) is 0.344. The number of anilines is 2. The van der Waals surface area contributed by atoms with Crippen molar-refractivity contribution >= 4 is 17.1 Å². The van der Waals surface area contributed by atoms with Crippen molar-refractivity contribution in [3.8, 4) is 5.75 Å². The lowest BCUT2D eigenvalue weighted by Crippen LogP contribution is -2.31. The van der Waals surface area contributed by atoms with E-state index in [4.69, 9.17) is 5.43 Å². The average Bonchev–Trinajstić information content (AvgIpc) is 3.29. The van der Waals surface area contributed by atoms with E-state index >= 15 is 0 Å². The van der Waals surface area contributed by atoms with Crippen LogP contribution in [0.4, 0.5) is 17.1 Å². The maximum atomic E-state index is 11.6. The molecule has 0 bridgehead atoms. The van der Waals surface area contributed by atoms with Gasteiger partial charge in [-0.05, 0) is 34.9 Å². The number of nitrogens with one attached hydrogen (secondary N) is 1. The number of hydrogen-bond acceptors (Lipinski definition) is 3. The summed E-state index contributed by atoms with van der Waals surface area (Å²) in [6, 6.07) is 32.9. The third kappa shape index (κ3) is 3.65. The molecule has 1 heterocycles. The molecule has 0 unspecified atom stereocenters. The highest BCUT2D eigenvalue weighted by Crippen LogP contribution is 2.46. The van der Waals surface area contributed by atoms with Crippen LogP contribution in [0, 0.1) is 0 Å². The van der Waals surface area contributed by atoms with Crippen LogP contribution in [-0.2, 0) is 10.8 Å². The van der Waals surface area contributed by atoms with Gasteiger partial charge in [-0.1, -0.05) is 107 Å². The predicted molar refractivity (Wildman–Crippen MR) is 140 cm³/mol. The molecule has 0 saturated carbocycles. The van der Waals surface area contributed by atoms with E-state index < -0.39 is 5.41 Å². The lowest BCUT2D eigenvalue weighted by Gasteiger charge is -2.33. The molecular weight excluding hydrogens is 418 g/mol. The van der Waals surface area contributed by atoms with Gasteiger partial charge in [-0.15, -0.1) is 0 Å². The Morgan fingerprint density at radius 2 is 1.24 bits per heavy atom. The third-order valence-corrected chi connectivity index (χ3v) is 7.04. The lowest BCUT2D eigenvalue weighted by molar-refractivity contribution is 0.450. The molecule has 0 aliphatic carbocycles. The van der Waals surface area contributed by atoms with Gasteiger partial charge in [0.1, 0.15) is 17.1 Å². The number of phenolic OH excluding ortho intramolecular Hbond substituents is 1. The van der Waals surface area contributed by atoms with Crippen LogP contribution in [0.15, 0.2) is 97.1 Å². The topological polar surface area (TPSA) is 49.6 Å². The molecular formula is C30H30N3O. The minimum Gasteiger partial charge on any atom is -0.505 e. The molecule has 5 rings (SSSR count). The van der Waals surface area contributed by atoms with E-state index in [-0.39, 0.29) is 11.2 Å². The Hall–Kier alpha value is -3.92. The molecule has 1 aliphatic rings. The molecule has 0 spiro atoms. The fourth-order valence-electron chi connectivity index (χ4n) is 4.67. The molecule has 1 aliphatic heterocycles. The number of hydrogen-bond donors (Lipinski definition) is 2. The first kappa shape index (κ1) is 21.9. The van der Waals surface area contributed by atoms with Crippen molar-refractivity contribution in [2.45, 2.75) is 38.5 Å². The van der Waals surface area contributed by atoms with E-state index in [9.17, 15) is 5.11 Å². The van der Waals surface area contributed by atoms with E-state index in [1.54, 1.807) is 5.12 Å². The van der Waals surface area contributed by atoms with Crippen LogP contribution in [0.25, 0.3) is 0 Å². The second-order valence-electron chi connectivity index (χ2n) is 9.91. The average molecular weight is 449 g/mol. The van der Waals surface area contributed by atoms with Crippen LogP contribution in [0.3, 0.4) is 0 Å². The molecule has 171 valence electrons. The molecule has 4 aromatic carbocycles. The SMILES string of the molecule is CC(C)(c1ccccc1)c1cc(N2[N]c3ccccc3N2)c(O)c(C(C)(C)c2ccccc2)c1. The Balaban J connectivity index is 1.69. The molecule has 0 aromatic heterocycles. The van der Waals surface area contributed by atoms with Gasteiger partial charge in [0.15, 0.2) is 0 Å². The van der Waals surface area contributed by atoms with Crippen molar-refractivity contribution in [1.82, 2.24) is 5.43 Å². The maximum absolute atomic E-state index is 11.6. The summed E-state index contributed by atoms with van der Waals surface area (Å²) in [6.45, 7) is 8.76. The van der Waals surface area contributed by atoms with Crippen LogP contribution in [-0.4, -0.2) is 5.11 Å². The van der Waals surface area contributed by atoms with Gasteiger partial charge in [-0.3, -0.25) is 5.43 Å². The molecule has 0 atom stereocenters. The minimum absolute atomic E-state index is 0.227. The number of aromatic hydroxyl groups is 1. The van der Waals surface area contributed by atoms with Crippen LogP contribution in [0.1, 0.15) is 49.9 Å². The highest BCUT2D eigenvalue weighted by Gasteiger charge is 2.34. The Morgan fingerprint density at radius 1 is 0.676 bits per heavy atom. The van der Waals surface area contributed by atoms with E-state index in [0.717, 1.165) is 28.1 Å². The van der Waals surface area contributed by atoms with Gasteiger partial charge in [0.2, 0.25) is 0 Å². The van der Waals surface area contributed by atoms with Crippen molar-refractivity contribution in [2.24, 2.45) is 0 Å². The third-order valence-electron chi connectivity index (χ3n) is 7.04. The van der Waals surface area contributed by atoms with E-state index in [2.05, 4.69) is 81.7 Å². The standard InChI is InChI=1S/C30H30N3O/c1-29(2,21-13-7-5-8-14-21)23-19-24(30(3,4)22-15-9-6-10-16-22)28(34)27(20-23)33-31-25-17-11-12-18-26(25)32-33/h5-20,31,34H,1-4H3. The number of benzene rings is 4. The molecule has 4 heteroatoms. The second kappa shape index (κ2) is 8.14. The Labute approximate surface area is 201 Å². The monoisotopic (exact) mass is 448 g/mol. The molecule has 2 N–H and O–H groups in total. The molecule has 4 nitrogen and oxygen atoms in total. The fraction of sp³-hybridized carbons (Fsp3) is 0.200. The van der Waals surface area contributed by atoms with E-state index in [1.165, 1.54) is 5.56 Å².